The summed E-state index contributed by atoms with van der Waals surface area (Å²) in [5, 5.41) is 3.98. The number of carbonyl (C=O) groups is 1. The van der Waals surface area contributed by atoms with Crippen molar-refractivity contribution in [3.63, 3.8) is 0 Å². The zero-order valence-electron chi connectivity index (χ0n) is 10.9. The summed E-state index contributed by atoms with van der Waals surface area (Å²) in [5.41, 5.74) is 1.58. The predicted octanol–water partition coefficient (Wildman–Crippen LogP) is 2.49. The molecule has 0 aliphatic rings. The van der Waals surface area contributed by atoms with Gasteiger partial charge in [0.05, 0.1) is 14.2 Å². The second kappa shape index (κ2) is 6.04. The molecule has 0 bridgehead atoms. The monoisotopic (exact) mass is 261 g/mol. The van der Waals surface area contributed by atoms with Crippen molar-refractivity contribution >= 4 is 6.29 Å². The summed E-state index contributed by atoms with van der Waals surface area (Å²) in [6.45, 7) is 0. The molecule has 5 nitrogen and oxygen atoms in total. The van der Waals surface area contributed by atoms with Gasteiger partial charge < -0.3 is 18.8 Å². The Kier molecular flexibility index (Phi) is 4.18. The Balaban J connectivity index is 2.26. The molecule has 0 fully saturated rings. The van der Waals surface area contributed by atoms with Gasteiger partial charge in [-0.05, 0) is 18.2 Å². The Hall–Kier alpha value is -2.30. The predicted molar refractivity (Wildman–Crippen MR) is 69.4 cm³/mol. The molecule has 0 saturated heterocycles. The van der Waals surface area contributed by atoms with Crippen molar-refractivity contribution < 1.29 is 18.8 Å². The van der Waals surface area contributed by atoms with Crippen molar-refractivity contribution in [2.24, 2.45) is 0 Å². The third-order valence-corrected chi connectivity index (χ3v) is 2.75. The minimum absolute atomic E-state index is 0.431. The highest BCUT2D eigenvalue weighted by atomic mass is 16.5. The van der Waals surface area contributed by atoms with Gasteiger partial charge in [-0.2, -0.15) is 0 Å². The first kappa shape index (κ1) is 13.1. The lowest BCUT2D eigenvalue weighted by Crippen LogP contribution is -1.90. The van der Waals surface area contributed by atoms with Gasteiger partial charge in [0.25, 0.3) is 0 Å². The highest BCUT2D eigenvalue weighted by Crippen LogP contribution is 2.32. The first-order chi connectivity index (χ1) is 9.28. The molecule has 2 aromatic rings. The summed E-state index contributed by atoms with van der Waals surface area (Å²) in [6.07, 6.45) is 1.85. The Morgan fingerprint density at radius 2 is 2.00 bits per heavy atom. The SMILES string of the molecule is COc1ccc(-c2cc(CCC=O)on2)cc1OC. The van der Waals surface area contributed by atoms with E-state index in [1.165, 1.54) is 0 Å². The van der Waals surface area contributed by atoms with Gasteiger partial charge in [-0.25, -0.2) is 0 Å². The van der Waals surface area contributed by atoms with Crippen LogP contribution in [0.15, 0.2) is 28.8 Å². The lowest BCUT2D eigenvalue weighted by Gasteiger charge is -2.07. The summed E-state index contributed by atoms with van der Waals surface area (Å²) < 4.78 is 15.6. The van der Waals surface area contributed by atoms with Gasteiger partial charge in [0.2, 0.25) is 0 Å². The standard InChI is InChI=1S/C14H15NO4/c1-17-13-6-5-10(8-14(13)18-2)12-9-11(19-15-12)4-3-7-16/h5-9H,3-4H2,1-2H3. The van der Waals surface area contributed by atoms with E-state index in [1.54, 1.807) is 14.2 Å². The molecule has 0 radical (unpaired) electrons. The van der Waals surface area contributed by atoms with Gasteiger partial charge in [0, 0.05) is 24.5 Å². The van der Waals surface area contributed by atoms with Crippen LogP contribution in [0.1, 0.15) is 12.2 Å². The van der Waals surface area contributed by atoms with Crippen molar-refractivity contribution in [2.45, 2.75) is 12.8 Å². The van der Waals surface area contributed by atoms with E-state index in [9.17, 15) is 4.79 Å². The van der Waals surface area contributed by atoms with Crippen LogP contribution in [-0.2, 0) is 11.2 Å². The fraction of sp³-hybridized carbons (Fsp3) is 0.286. The van der Waals surface area contributed by atoms with Gasteiger partial charge in [0.15, 0.2) is 11.5 Å². The third-order valence-electron chi connectivity index (χ3n) is 2.75. The van der Waals surface area contributed by atoms with E-state index in [0.29, 0.717) is 35.8 Å². The maximum Gasteiger partial charge on any atom is 0.161 e. The summed E-state index contributed by atoms with van der Waals surface area (Å²) in [6, 6.07) is 7.35. The fourth-order valence-corrected chi connectivity index (χ4v) is 1.76. The first-order valence-electron chi connectivity index (χ1n) is 5.90. The van der Waals surface area contributed by atoms with Crippen LogP contribution in [-0.4, -0.2) is 25.7 Å². The normalized spacial score (nSPS) is 10.2. The second-order valence-corrected chi connectivity index (χ2v) is 3.95. The highest BCUT2D eigenvalue weighted by Gasteiger charge is 2.10. The number of aromatic nitrogens is 1. The van der Waals surface area contributed by atoms with Crippen LogP contribution in [0.2, 0.25) is 0 Å². The van der Waals surface area contributed by atoms with Gasteiger partial charge in [-0.3, -0.25) is 0 Å². The van der Waals surface area contributed by atoms with Gasteiger partial charge in [-0.1, -0.05) is 5.16 Å². The Morgan fingerprint density at radius 3 is 2.68 bits per heavy atom. The van der Waals surface area contributed by atoms with E-state index < -0.39 is 0 Å². The van der Waals surface area contributed by atoms with Crippen molar-refractivity contribution in [2.75, 3.05) is 14.2 Å². The van der Waals surface area contributed by atoms with E-state index in [1.807, 2.05) is 24.3 Å². The molecule has 0 atom stereocenters. The molecule has 5 heteroatoms. The fourth-order valence-electron chi connectivity index (χ4n) is 1.76. The molecule has 100 valence electrons. The lowest BCUT2D eigenvalue weighted by molar-refractivity contribution is -0.107. The average Bonchev–Trinajstić information content (AvgIpc) is 2.93. The molecule has 19 heavy (non-hydrogen) atoms. The van der Waals surface area contributed by atoms with Gasteiger partial charge in [-0.15, -0.1) is 0 Å². The Bertz CT molecular complexity index is 562. The number of ether oxygens (including phenoxy) is 2. The van der Waals surface area contributed by atoms with E-state index in [0.717, 1.165) is 11.8 Å². The zero-order chi connectivity index (χ0) is 13.7. The molecule has 1 aromatic heterocycles. The molecule has 0 aliphatic carbocycles. The van der Waals surface area contributed by atoms with Crippen molar-refractivity contribution in [3.8, 4) is 22.8 Å². The lowest BCUT2D eigenvalue weighted by atomic mass is 10.1. The molecule has 2 rings (SSSR count). The molecule has 0 N–H and O–H groups in total. The van der Waals surface area contributed by atoms with Crippen molar-refractivity contribution in [1.29, 1.82) is 0 Å². The Labute approximate surface area is 111 Å². The molecule has 1 heterocycles. The summed E-state index contributed by atoms with van der Waals surface area (Å²) in [4.78, 5) is 10.3. The van der Waals surface area contributed by atoms with Crippen LogP contribution in [0.4, 0.5) is 0 Å². The van der Waals surface area contributed by atoms with E-state index in [4.69, 9.17) is 14.0 Å². The molecule has 1 aromatic carbocycles. The molecule has 0 aliphatic heterocycles. The van der Waals surface area contributed by atoms with Gasteiger partial charge >= 0.3 is 0 Å². The van der Waals surface area contributed by atoms with Crippen molar-refractivity contribution in [3.05, 3.63) is 30.0 Å². The van der Waals surface area contributed by atoms with E-state index >= 15 is 0 Å². The molecule has 0 unspecified atom stereocenters. The zero-order valence-corrected chi connectivity index (χ0v) is 10.9. The van der Waals surface area contributed by atoms with Crippen LogP contribution in [0, 0.1) is 0 Å². The van der Waals surface area contributed by atoms with E-state index in [-0.39, 0.29) is 0 Å². The van der Waals surface area contributed by atoms with Crippen LogP contribution >= 0.6 is 0 Å². The van der Waals surface area contributed by atoms with Crippen LogP contribution in [0.3, 0.4) is 0 Å². The number of benzene rings is 1. The molecule has 0 saturated carbocycles. The smallest absolute Gasteiger partial charge is 0.161 e. The van der Waals surface area contributed by atoms with Crippen molar-refractivity contribution in [1.82, 2.24) is 5.16 Å². The second-order valence-electron chi connectivity index (χ2n) is 3.95. The van der Waals surface area contributed by atoms with Crippen LogP contribution < -0.4 is 9.47 Å². The number of rotatable bonds is 6. The minimum atomic E-state index is 0.431. The molecular formula is C14H15NO4. The number of aldehydes is 1. The van der Waals surface area contributed by atoms with Gasteiger partial charge in [0.1, 0.15) is 17.7 Å². The number of hydrogen-bond acceptors (Lipinski definition) is 5. The maximum atomic E-state index is 10.3. The number of aryl methyl sites for hydroxylation is 1. The highest BCUT2D eigenvalue weighted by molar-refractivity contribution is 5.64. The summed E-state index contributed by atoms with van der Waals surface area (Å²) in [7, 11) is 3.17. The number of nitrogens with zero attached hydrogens (tertiary/aromatic N) is 1. The number of carbonyl (C=O) groups excluding carboxylic acids is 1. The average molecular weight is 261 g/mol. The topological polar surface area (TPSA) is 61.6 Å². The molecule has 0 amide bonds. The first-order valence-corrected chi connectivity index (χ1v) is 5.90. The quantitative estimate of drug-likeness (QED) is 0.747. The van der Waals surface area contributed by atoms with Crippen LogP contribution in [0.5, 0.6) is 11.5 Å². The summed E-state index contributed by atoms with van der Waals surface area (Å²) in [5.74, 6) is 1.99. The Morgan fingerprint density at radius 1 is 1.21 bits per heavy atom. The molecule has 0 spiro atoms. The number of hydrogen-bond donors (Lipinski definition) is 0. The number of methoxy groups -OCH3 is 2. The minimum Gasteiger partial charge on any atom is -0.493 e. The molecular weight excluding hydrogens is 246 g/mol. The largest absolute Gasteiger partial charge is 0.493 e. The maximum absolute atomic E-state index is 10.3. The van der Waals surface area contributed by atoms with Crippen LogP contribution in [0.25, 0.3) is 11.3 Å². The van der Waals surface area contributed by atoms with E-state index in [2.05, 4.69) is 5.16 Å². The summed E-state index contributed by atoms with van der Waals surface area (Å²) >= 11 is 0. The third kappa shape index (κ3) is 2.93.